The van der Waals surface area contributed by atoms with Gasteiger partial charge in [-0.3, -0.25) is 5.32 Å². The molecule has 7 nitrogen and oxygen atoms in total. The maximum atomic E-state index is 12.0. The van der Waals surface area contributed by atoms with E-state index in [1.54, 1.807) is 0 Å². The third-order valence-corrected chi connectivity index (χ3v) is 3.49. The number of aromatic nitrogens is 4. The smallest absolute Gasteiger partial charge is 0.327 e. The van der Waals surface area contributed by atoms with Gasteiger partial charge in [0.1, 0.15) is 6.04 Å². The fourth-order valence-electron chi connectivity index (χ4n) is 2.23. The molecule has 0 aliphatic heterocycles. The van der Waals surface area contributed by atoms with Crippen molar-refractivity contribution in [2.75, 3.05) is 7.11 Å². The zero-order valence-corrected chi connectivity index (χ0v) is 11.8. The lowest BCUT2D eigenvalue weighted by Gasteiger charge is -2.16. The maximum Gasteiger partial charge on any atom is 0.327 e. The van der Waals surface area contributed by atoms with E-state index in [9.17, 15) is 4.79 Å². The van der Waals surface area contributed by atoms with E-state index < -0.39 is 6.04 Å². The van der Waals surface area contributed by atoms with Gasteiger partial charge in [-0.15, -0.1) is 5.10 Å². The van der Waals surface area contributed by atoms with Crippen molar-refractivity contribution < 1.29 is 9.53 Å². The molecule has 1 aliphatic carbocycles. The van der Waals surface area contributed by atoms with Gasteiger partial charge in [0.25, 0.3) is 0 Å². The Morgan fingerprint density at radius 1 is 1.43 bits per heavy atom. The summed E-state index contributed by atoms with van der Waals surface area (Å²) in [5, 5.41) is 14.9. The second kappa shape index (κ2) is 6.01. The highest BCUT2D eigenvalue weighted by Gasteiger charge is 2.28. The minimum absolute atomic E-state index is 0.327. The average Bonchev–Trinajstić information content (AvgIpc) is 3.27. The predicted molar refractivity (Wildman–Crippen MR) is 74.1 cm³/mol. The van der Waals surface area contributed by atoms with Crippen LogP contribution in [0.5, 0.6) is 0 Å². The van der Waals surface area contributed by atoms with Crippen LogP contribution >= 0.6 is 0 Å². The molecular formula is C14H17N5O2. The van der Waals surface area contributed by atoms with Crippen LogP contribution in [0.3, 0.4) is 0 Å². The van der Waals surface area contributed by atoms with E-state index in [4.69, 9.17) is 4.74 Å². The molecule has 1 saturated carbocycles. The Morgan fingerprint density at radius 3 is 2.86 bits per heavy atom. The van der Waals surface area contributed by atoms with Crippen LogP contribution in [0.4, 0.5) is 0 Å². The Hall–Kier alpha value is -2.28. The summed E-state index contributed by atoms with van der Waals surface area (Å²) in [6.45, 7) is 0.415. The fourth-order valence-corrected chi connectivity index (χ4v) is 2.23. The summed E-state index contributed by atoms with van der Waals surface area (Å²) >= 11 is 0. The summed E-state index contributed by atoms with van der Waals surface area (Å²) in [6.07, 6.45) is 2.22. The number of hydrogen-bond acceptors (Lipinski definition) is 6. The lowest BCUT2D eigenvalue weighted by Crippen LogP contribution is -2.30. The Morgan fingerprint density at radius 2 is 2.19 bits per heavy atom. The second-order valence-corrected chi connectivity index (χ2v) is 5.02. The number of carbonyl (C=O) groups is 1. The van der Waals surface area contributed by atoms with Gasteiger partial charge in [0.2, 0.25) is 0 Å². The molecule has 0 saturated heterocycles. The van der Waals surface area contributed by atoms with E-state index in [2.05, 4.69) is 20.8 Å². The number of tetrazole rings is 1. The Kier molecular flexibility index (Phi) is 3.92. The number of benzene rings is 1. The molecule has 0 spiro atoms. The molecular weight excluding hydrogens is 270 g/mol. The van der Waals surface area contributed by atoms with Crippen LogP contribution in [-0.4, -0.2) is 33.3 Å². The number of ether oxygens (including phenoxy) is 1. The van der Waals surface area contributed by atoms with Crippen molar-refractivity contribution in [1.82, 2.24) is 25.5 Å². The molecule has 0 amide bonds. The van der Waals surface area contributed by atoms with Gasteiger partial charge in [0.15, 0.2) is 5.82 Å². The summed E-state index contributed by atoms with van der Waals surface area (Å²) < 4.78 is 6.69. The van der Waals surface area contributed by atoms with Gasteiger partial charge in [-0.2, -0.15) is 0 Å². The Bertz CT molecular complexity index is 609. The molecule has 1 heterocycles. The summed E-state index contributed by atoms with van der Waals surface area (Å²) in [5.74, 6) is 0.411. The lowest BCUT2D eigenvalue weighted by atomic mass is 10.1. The number of nitrogens with zero attached hydrogens (tertiary/aromatic N) is 4. The molecule has 1 N–H and O–H groups in total. The fraction of sp³-hybridized carbons (Fsp3) is 0.429. The van der Waals surface area contributed by atoms with Crippen molar-refractivity contribution in [3.8, 4) is 0 Å². The standard InChI is InChI=1S/C14H17N5O2/c1-21-14(20)13(10-5-3-2-4-6-10)15-9-12-16-17-18-19(12)11-7-8-11/h2-6,11,13,15H,7-9H2,1H3. The monoisotopic (exact) mass is 287 g/mol. The topological polar surface area (TPSA) is 81.9 Å². The van der Waals surface area contributed by atoms with Gasteiger partial charge in [-0.1, -0.05) is 30.3 Å². The number of hydrogen-bond donors (Lipinski definition) is 1. The first-order valence-corrected chi connectivity index (χ1v) is 6.92. The van der Waals surface area contributed by atoms with Gasteiger partial charge in [-0.25, -0.2) is 9.48 Å². The van der Waals surface area contributed by atoms with E-state index in [0.717, 1.165) is 24.2 Å². The molecule has 1 aliphatic rings. The van der Waals surface area contributed by atoms with Crippen molar-refractivity contribution in [1.29, 1.82) is 0 Å². The second-order valence-electron chi connectivity index (χ2n) is 5.02. The van der Waals surface area contributed by atoms with E-state index in [0.29, 0.717) is 12.6 Å². The van der Waals surface area contributed by atoms with Gasteiger partial charge in [-0.05, 0) is 28.8 Å². The normalized spacial score (nSPS) is 15.7. The third-order valence-electron chi connectivity index (χ3n) is 3.49. The van der Waals surface area contributed by atoms with Crippen LogP contribution in [-0.2, 0) is 16.1 Å². The summed E-state index contributed by atoms with van der Waals surface area (Å²) in [5.41, 5.74) is 0.856. The Labute approximate surface area is 122 Å². The van der Waals surface area contributed by atoms with Crippen molar-refractivity contribution in [3.05, 3.63) is 41.7 Å². The molecule has 0 radical (unpaired) electrons. The molecule has 2 aromatic rings. The van der Waals surface area contributed by atoms with Crippen molar-refractivity contribution >= 4 is 5.97 Å². The van der Waals surface area contributed by atoms with Gasteiger partial charge in [0.05, 0.1) is 19.7 Å². The molecule has 1 atom stereocenters. The Balaban J connectivity index is 1.73. The SMILES string of the molecule is COC(=O)C(NCc1nnnn1C1CC1)c1ccccc1. The first-order chi connectivity index (χ1) is 10.3. The van der Waals surface area contributed by atoms with Crippen molar-refractivity contribution in [2.24, 2.45) is 0 Å². The molecule has 1 aromatic heterocycles. The average molecular weight is 287 g/mol. The van der Waals surface area contributed by atoms with Crippen LogP contribution in [0.15, 0.2) is 30.3 Å². The third kappa shape index (κ3) is 3.08. The molecule has 0 bridgehead atoms. The predicted octanol–water partition coefficient (Wildman–Crippen LogP) is 1.01. The number of nitrogens with one attached hydrogen (secondary N) is 1. The van der Waals surface area contributed by atoms with Gasteiger partial charge in [0, 0.05) is 0 Å². The number of rotatable bonds is 6. The number of methoxy groups -OCH3 is 1. The number of esters is 1. The largest absolute Gasteiger partial charge is 0.468 e. The van der Waals surface area contributed by atoms with E-state index in [1.165, 1.54) is 7.11 Å². The van der Waals surface area contributed by atoms with Crippen LogP contribution < -0.4 is 5.32 Å². The minimum atomic E-state index is -0.527. The zero-order valence-electron chi connectivity index (χ0n) is 11.8. The first-order valence-electron chi connectivity index (χ1n) is 6.92. The minimum Gasteiger partial charge on any atom is -0.468 e. The van der Waals surface area contributed by atoms with Crippen LogP contribution in [0.25, 0.3) is 0 Å². The highest BCUT2D eigenvalue weighted by atomic mass is 16.5. The summed E-state index contributed by atoms with van der Waals surface area (Å²) in [4.78, 5) is 12.0. The molecule has 1 aromatic carbocycles. The van der Waals surface area contributed by atoms with E-state index in [-0.39, 0.29) is 5.97 Å². The molecule has 3 rings (SSSR count). The quantitative estimate of drug-likeness (QED) is 0.799. The zero-order chi connectivity index (χ0) is 14.7. The summed E-state index contributed by atoms with van der Waals surface area (Å²) in [7, 11) is 1.38. The van der Waals surface area contributed by atoms with Crippen LogP contribution in [0.2, 0.25) is 0 Å². The molecule has 21 heavy (non-hydrogen) atoms. The number of carbonyl (C=O) groups excluding carboxylic acids is 1. The molecule has 7 heteroatoms. The van der Waals surface area contributed by atoms with Gasteiger partial charge < -0.3 is 4.74 Å². The maximum absolute atomic E-state index is 12.0. The highest BCUT2D eigenvalue weighted by molar-refractivity contribution is 5.77. The summed E-state index contributed by atoms with van der Waals surface area (Å²) in [6, 6.07) is 9.34. The molecule has 1 fully saturated rings. The van der Waals surface area contributed by atoms with E-state index in [1.807, 2.05) is 35.0 Å². The molecule has 1 unspecified atom stereocenters. The highest BCUT2D eigenvalue weighted by Crippen LogP contribution is 2.34. The van der Waals surface area contributed by atoms with Crippen molar-refractivity contribution in [3.63, 3.8) is 0 Å². The molecule has 110 valence electrons. The van der Waals surface area contributed by atoms with Crippen LogP contribution in [0, 0.1) is 0 Å². The lowest BCUT2D eigenvalue weighted by molar-refractivity contribution is -0.143. The van der Waals surface area contributed by atoms with Crippen molar-refractivity contribution in [2.45, 2.75) is 31.5 Å². The van der Waals surface area contributed by atoms with Gasteiger partial charge >= 0.3 is 5.97 Å². The van der Waals surface area contributed by atoms with E-state index >= 15 is 0 Å². The van der Waals surface area contributed by atoms with Crippen LogP contribution in [0.1, 0.15) is 36.3 Å². The first kappa shape index (κ1) is 13.7.